The number of nitrogens with one attached hydrogen (secondary N) is 2. The lowest BCUT2D eigenvalue weighted by atomic mass is 9.89. The predicted molar refractivity (Wildman–Crippen MR) is 91.6 cm³/mol. The summed E-state index contributed by atoms with van der Waals surface area (Å²) in [4.78, 5) is 12.3. The van der Waals surface area contributed by atoms with E-state index in [0.717, 1.165) is 18.4 Å². The minimum absolute atomic E-state index is 0.0109. The van der Waals surface area contributed by atoms with Gasteiger partial charge in [-0.05, 0) is 43.9 Å². The Labute approximate surface area is 148 Å². The van der Waals surface area contributed by atoms with E-state index in [1.165, 1.54) is 6.07 Å². The highest BCUT2D eigenvalue weighted by Gasteiger charge is 2.34. The summed E-state index contributed by atoms with van der Waals surface area (Å²) >= 11 is 0. The third-order valence-electron chi connectivity index (χ3n) is 4.57. The van der Waals surface area contributed by atoms with Gasteiger partial charge in [0.15, 0.2) is 0 Å². The number of carbonyl (C=O) groups excluding carboxylic acids is 1. The zero-order valence-electron chi connectivity index (χ0n) is 14.2. The number of hydrogen-bond donors (Lipinski definition) is 2. The summed E-state index contributed by atoms with van der Waals surface area (Å²) in [7, 11) is -3.69. The van der Waals surface area contributed by atoms with Crippen molar-refractivity contribution >= 4 is 15.9 Å². The first kappa shape index (κ1) is 18.3. The van der Waals surface area contributed by atoms with Gasteiger partial charge in [-0.15, -0.1) is 0 Å². The molecule has 0 unspecified atom stereocenters. The average Bonchev–Trinajstić information content (AvgIpc) is 2.60. The molecule has 1 aliphatic heterocycles. The van der Waals surface area contributed by atoms with Crippen molar-refractivity contribution in [1.29, 1.82) is 0 Å². The molecule has 25 heavy (non-hydrogen) atoms. The molecule has 2 N–H and O–H groups in total. The maximum atomic E-state index is 12.2. The summed E-state index contributed by atoms with van der Waals surface area (Å²) in [5.41, 5.74) is 0.846. The zero-order chi connectivity index (χ0) is 17.9. The molecule has 138 valence electrons. The van der Waals surface area contributed by atoms with Crippen molar-refractivity contribution in [2.45, 2.75) is 49.3 Å². The van der Waals surface area contributed by atoms with E-state index in [1.54, 1.807) is 12.1 Å². The summed E-state index contributed by atoms with van der Waals surface area (Å²) in [6.07, 6.45) is 2.46. The van der Waals surface area contributed by atoms with Crippen molar-refractivity contribution in [3.63, 3.8) is 0 Å². The molecule has 7 nitrogen and oxygen atoms in total. The Balaban J connectivity index is 1.49. The zero-order valence-corrected chi connectivity index (χ0v) is 15.1. The Kier molecular flexibility index (Phi) is 5.73. The lowest BCUT2D eigenvalue weighted by molar-refractivity contribution is -0.158. The molecule has 0 bridgehead atoms. The van der Waals surface area contributed by atoms with Gasteiger partial charge in [0, 0.05) is 6.04 Å². The summed E-state index contributed by atoms with van der Waals surface area (Å²) in [6.45, 7) is 2.74. The lowest BCUT2D eigenvalue weighted by Crippen LogP contribution is -2.50. The van der Waals surface area contributed by atoms with E-state index in [1.807, 2.05) is 13.0 Å². The summed E-state index contributed by atoms with van der Waals surface area (Å²) in [5, 5.41) is 2.89. The normalized spacial score (nSPS) is 26.7. The Morgan fingerprint density at radius 2 is 1.96 bits per heavy atom. The first-order valence-corrected chi connectivity index (χ1v) is 10.0. The summed E-state index contributed by atoms with van der Waals surface area (Å²) in [6, 6.07) is 6.56. The minimum Gasteiger partial charge on any atom is -0.373 e. The molecule has 1 heterocycles. The van der Waals surface area contributed by atoms with E-state index >= 15 is 0 Å². The topological polar surface area (TPSA) is 93.7 Å². The number of benzene rings is 1. The van der Waals surface area contributed by atoms with Crippen LogP contribution in [0.4, 0.5) is 0 Å². The maximum absolute atomic E-state index is 12.2. The molecule has 1 saturated carbocycles. The number of rotatable bonds is 5. The second-order valence-corrected chi connectivity index (χ2v) is 8.30. The molecule has 0 radical (unpaired) electrons. The Hall–Kier alpha value is -1.48. The quantitative estimate of drug-likeness (QED) is 0.799. The van der Waals surface area contributed by atoms with E-state index in [-0.39, 0.29) is 35.6 Å². The predicted octanol–water partition coefficient (Wildman–Crippen LogP) is 0.726. The van der Waals surface area contributed by atoms with E-state index in [2.05, 4.69) is 10.0 Å². The number of fused-ring (bicyclic) bond motifs is 1. The fraction of sp³-hybridized carbons (Fsp3) is 0.588. The molecule has 1 aromatic carbocycles. The lowest BCUT2D eigenvalue weighted by Gasteiger charge is -2.39. The number of ether oxygens (including phenoxy) is 2. The van der Waals surface area contributed by atoms with Gasteiger partial charge in [0.25, 0.3) is 0 Å². The molecule has 0 spiro atoms. The minimum atomic E-state index is -3.69. The van der Waals surface area contributed by atoms with Crippen LogP contribution < -0.4 is 10.0 Å². The van der Waals surface area contributed by atoms with E-state index in [0.29, 0.717) is 19.6 Å². The van der Waals surface area contributed by atoms with E-state index < -0.39 is 10.0 Å². The van der Waals surface area contributed by atoms with Crippen molar-refractivity contribution in [2.75, 3.05) is 19.8 Å². The van der Waals surface area contributed by atoms with Crippen molar-refractivity contribution < 1.29 is 22.7 Å². The van der Waals surface area contributed by atoms with Gasteiger partial charge in [-0.3, -0.25) is 4.79 Å². The third kappa shape index (κ3) is 4.78. The molecule has 8 heteroatoms. The van der Waals surface area contributed by atoms with Crippen LogP contribution in [-0.4, -0.2) is 52.3 Å². The molecule has 2 aliphatic rings. The Morgan fingerprint density at radius 3 is 2.72 bits per heavy atom. The molecular weight excluding hydrogens is 344 g/mol. The second-order valence-electron chi connectivity index (χ2n) is 6.54. The molecule has 3 rings (SSSR count). The smallest absolute Gasteiger partial charge is 0.241 e. The van der Waals surface area contributed by atoms with E-state index in [4.69, 9.17) is 9.47 Å². The summed E-state index contributed by atoms with van der Waals surface area (Å²) in [5.74, 6) is -0.337. The van der Waals surface area contributed by atoms with Crippen LogP contribution in [0.2, 0.25) is 0 Å². The summed E-state index contributed by atoms with van der Waals surface area (Å²) < 4.78 is 38.2. The highest BCUT2D eigenvalue weighted by atomic mass is 32.2. The number of amides is 1. The number of sulfonamides is 1. The van der Waals surface area contributed by atoms with Gasteiger partial charge < -0.3 is 14.8 Å². The van der Waals surface area contributed by atoms with Crippen LogP contribution in [0.15, 0.2) is 29.2 Å². The van der Waals surface area contributed by atoms with Crippen LogP contribution in [-0.2, 0) is 24.3 Å². The molecule has 3 atom stereocenters. The molecule has 1 aliphatic carbocycles. The fourth-order valence-electron chi connectivity index (χ4n) is 3.30. The van der Waals surface area contributed by atoms with Crippen LogP contribution >= 0.6 is 0 Å². The maximum Gasteiger partial charge on any atom is 0.241 e. The molecule has 0 aromatic heterocycles. The van der Waals surface area contributed by atoms with Gasteiger partial charge in [0.05, 0.1) is 36.9 Å². The van der Waals surface area contributed by atoms with Crippen LogP contribution in [0, 0.1) is 6.92 Å². The standard InChI is InChI=1S/C17H24N2O5S/c1-12-3-2-4-14(9-12)25(21,22)18-11-17(20)19-13-5-6-15-16(10-13)24-8-7-23-15/h2-4,9,13,15-16,18H,5-8,10-11H2,1H3,(H,19,20)/t13-,15+,16-/m1/s1. The number of carbonyl (C=O) groups is 1. The molecule has 1 saturated heterocycles. The largest absolute Gasteiger partial charge is 0.373 e. The fourth-order valence-corrected chi connectivity index (χ4v) is 4.39. The van der Waals surface area contributed by atoms with Gasteiger partial charge in [0.1, 0.15) is 0 Å². The highest BCUT2D eigenvalue weighted by Crippen LogP contribution is 2.26. The van der Waals surface area contributed by atoms with Crippen molar-refractivity contribution in [1.82, 2.24) is 10.0 Å². The monoisotopic (exact) mass is 368 g/mol. The van der Waals surface area contributed by atoms with Crippen LogP contribution in [0.1, 0.15) is 24.8 Å². The van der Waals surface area contributed by atoms with Crippen molar-refractivity contribution in [2.24, 2.45) is 0 Å². The first-order valence-electron chi connectivity index (χ1n) is 8.53. The van der Waals surface area contributed by atoms with Crippen molar-refractivity contribution in [3.8, 4) is 0 Å². The van der Waals surface area contributed by atoms with Crippen LogP contribution in [0.25, 0.3) is 0 Å². The average molecular weight is 368 g/mol. The molecule has 1 amide bonds. The molecular formula is C17H24N2O5S. The van der Waals surface area contributed by atoms with Gasteiger partial charge in [-0.2, -0.15) is 0 Å². The third-order valence-corrected chi connectivity index (χ3v) is 5.96. The number of aryl methyl sites for hydroxylation is 1. The highest BCUT2D eigenvalue weighted by molar-refractivity contribution is 7.89. The molecule has 2 fully saturated rings. The van der Waals surface area contributed by atoms with Crippen molar-refractivity contribution in [3.05, 3.63) is 29.8 Å². The van der Waals surface area contributed by atoms with Crippen LogP contribution in [0.3, 0.4) is 0 Å². The van der Waals surface area contributed by atoms with Gasteiger partial charge in [-0.1, -0.05) is 12.1 Å². The van der Waals surface area contributed by atoms with Crippen LogP contribution in [0.5, 0.6) is 0 Å². The van der Waals surface area contributed by atoms with Gasteiger partial charge in [-0.25, -0.2) is 13.1 Å². The van der Waals surface area contributed by atoms with Gasteiger partial charge >= 0.3 is 0 Å². The van der Waals surface area contributed by atoms with E-state index in [9.17, 15) is 13.2 Å². The SMILES string of the molecule is Cc1cccc(S(=O)(=O)NCC(=O)N[C@@H]2CC[C@@H]3OCCO[C@@H]3C2)c1. The first-order chi connectivity index (χ1) is 11.9. The van der Waals surface area contributed by atoms with Gasteiger partial charge in [0.2, 0.25) is 15.9 Å². The Bertz CT molecular complexity index is 722. The second kappa shape index (κ2) is 7.82. The Morgan fingerprint density at radius 1 is 1.20 bits per heavy atom. The number of hydrogen-bond acceptors (Lipinski definition) is 5. The molecule has 1 aromatic rings.